The molecule has 1 unspecified atom stereocenters. The fraction of sp³-hybridized carbons (Fsp3) is 0.952. The molecule has 0 amide bonds. The van der Waals surface area contributed by atoms with Crippen LogP contribution >= 0.6 is 0 Å². The van der Waals surface area contributed by atoms with Gasteiger partial charge in [-0.15, -0.1) is 10.3 Å². The fourth-order valence-corrected chi connectivity index (χ4v) is 3.86. The topological polar surface area (TPSA) is 69.7 Å². The first-order valence-electron chi connectivity index (χ1n) is 10.7. The molecule has 1 radical (unpaired) electrons. The molecule has 1 rings (SSSR count). The first kappa shape index (κ1) is 23.4. The summed E-state index contributed by atoms with van der Waals surface area (Å²) in [6.07, 6.45) is 14.4. The molecule has 0 aliphatic carbocycles. The molecule has 5 heteroatoms. The largest absolute Gasteiger partial charge is 0.481 e. The number of hydrogen-bond acceptors (Lipinski definition) is 3. The summed E-state index contributed by atoms with van der Waals surface area (Å²) in [6.45, 7) is 6.46. The zero-order valence-corrected chi connectivity index (χ0v) is 17.2. The number of unbranched alkanes of at least 4 members (excludes halogenated alkanes) is 9. The summed E-state index contributed by atoms with van der Waals surface area (Å²) in [5.74, 6) is -0.811. The Bertz CT molecular complexity index is 399. The van der Waals surface area contributed by atoms with Gasteiger partial charge in [0, 0.05) is 6.42 Å². The zero-order chi connectivity index (χ0) is 19.5. The van der Waals surface area contributed by atoms with Gasteiger partial charge in [0.1, 0.15) is 5.72 Å². The van der Waals surface area contributed by atoms with Crippen LogP contribution in [0.25, 0.3) is 0 Å². The molecule has 1 saturated heterocycles. The van der Waals surface area contributed by atoms with Gasteiger partial charge in [-0.05, 0) is 39.5 Å². The molecule has 26 heavy (non-hydrogen) atoms. The highest BCUT2D eigenvalue weighted by molar-refractivity contribution is 5.66. The van der Waals surface area contributed by atoms with E-state index in [-0.39, 0.29) is 6.42 Å². The Morgan fingerprint density at radius 3 is 1.88 bits per heavy atom. The van der Waals surface area contributed by atoms with E-state index >= 15 is 0 Å². The van der Waals surface area contributed by atoms with Crippen LogP contribution in [-0.4, -0.2) is 34.0 Å². The van der Waals surface area contributed by atoms with Gasteiger partial charge < -0.3 is 9.84 Å². The minimum Gasteiger partial charge on any atom is -0.481 e. The third-order valence-corrected chi connectivity index (χ3v) is 5.49. The van der Waals surface area contributed by atoms with Crippen molar-refractivity contribution < 1.29 is 19.8 Å². The Kier molecular flexibility index (Phi) is 10.7. The van der Waals surface area contributed by atoms with Crippen LogP contribution in [0.4, 0.5) is 0 Å². The van der Waals surface area contributed by atoms with Gasteiger partial charge in [0.05, 0.1) is 12.1 Å². The summed E-state index contributed by atoms with van der Waals surface area (Å²) in [5, 5.41) is 22.7. The van der Waals surface area contributed by atoms with Crippen LogP contribution in [0, 0.1) is 0 Å². The number of ether oxygens (including phenoxy) is 1. The number of rotatable bonds is 15. The first-order chi connectivity index (χ1) is 12.3. The van der Waals surface area contributed by atoms with Crippen LogP contribution in [0.5, 0.6) is 0 Å². The zero-order valence-electron chi connectivity index (χ0n) is 17.2. The summed E-state index contributed by atoms with van der Waals surface area (Å²) < 4.78 is 5.95. The van der Waals surface area contributed by atoms with Crippen molar-refractivity contribution >= 4 is 5.97 Å². The first-order valence-corrected chi connectivity index (χ1v) is 10.7. The third-order valence-electron chi connectivity index (χ3n) is 5.49. The monoisotopic (exact) mass is 370 g/mol. The SMILES string of the molecule is CCCCCCCCCCCCC1(CCCC(=O)O)OCC(C)(C)N1[O]. The standard InChI is InChI=1S/C21H40NO4/c1-4-5-6-7-8-9-10-11-12-13-16-21(17-14-15-19(23)24)22(25)20(2,3)18-26-21/h4-18H2,1-3H3,(H,23,24). The van der Waals surface area contributed by atoms with Crippen LogP contribution in [0.1, 0.15) is 111 Å². The molecule has 1 atom stereocenters. The van der Waals surface area contributed by atoms with Gasteiger partial charge in [0.15, 0.2) is 0 Å². The van der Waals surface area contributed by atoms with Crippen LogP contribution < -0.4 is 0 Å². The van der Waals surface area contributed by atoms with E-state index in [0.29, 0.717) is 25.9 Å². The molecule has 0 saturated carbocycles. The maximum Gasteiger partial charge on any atom is 0.303 e. The van der Waals surface area contributed by atoms with E-state index in [1.807, 2.05) is 13.8 Å². The highest BCUT2D eigenvalue weighted by atomic mass is 16.6. The van der Waals surface area contributed by atoms with Crippen LogP contribution in [0.2, 0.25) is 0 Å². The van der Waals surface area contributed by atoms with Crippen molar-refractivity contribution in [2.45, 2.75) is 122 Å². The minimum atomic E-state index is -0.820. The summed E-state index contributed by atoms with van der Waals surface area (Å²) in [7, 11) is 0. The molecular formula is C21H40NO4. The lowest BCUT2D eigenvalue weighted by Gasteiger charge is -2.35. The van der Waals surface area contributed by atoms with E-state index in [2.05, 4.69) is 6.92 Å². The predicted octanol–water partition coefficient (Wildman–Crippen LogP) is 5.70. The van der Waals surface area contributed by atoms with Crippen LogP contribution in [0.3, 0.4) is 0 Å². The molecular weight excluding hydrogens is 330 g/mol. The van der Waals surface area contributed by atoms with Gasteiger partial charge in [-0.2, -0.15) is 0 Å². The second-order valence-electron chi connectivity index (χ2n) is 8.52. The summed E-state index contributed by atoms with van der Waals surface area (Å²) in [5.41, 5.74) is -1.35. The number of nitrogens with zero attached hydrogens (tertiary/aromatic N) is 1. The lowest BCUT2D eigenvalue weighted by atomic mass is 9.95. The Morgan fingerprint density at radius 2 is 1.42 bits per heavy atom. The predicted molar refractivity (Wildman–Crippen MR) is 103 cm³/mol. The van der Waals surface area contributed by atoms with Gasteiger partial charge >= 0.3 is 5.97 Å². The maximum atomic E-state index is 12.8. The molecule has 0 bridgehead atoms. The molecule has 1 fully saturated rings. The molecule has 1 aliphatic rings. The van der Waals surface area contributed by atoms with Gasteiger partial charge in [-0.1, -0.05) is 64.7 Å². The second kappa shape index (κ2) is 11.9. The average Bonchev–Trinajstić information content (AvgIpc) is 2.81. The van der Waals surface area contributed by atoms with Crippen molar-refractivity contribution in [2.75, 3.05) is 6.61 Å². The summed E-state index contributed by atoms with van der Waals surface area (Å²) >= 11 is 0. The van der Waals surface area contributed by atoms with Crippen molar-refractivity contribution in [3.05, 3.63) is 0 Å². The van der Waals surface area contributed by atoms with Crippen molar-refractivity contribution in [3.8, 4) is 0 Å². The summed E-state index contributed by atoms with van der Waals surface area (Å²) in [6, 6.07) is 0. The van der Waals surface area contributed by atoms with Gasteiger partial charge in [0.25, 0.3) is 0 Å². The molecule has 0 aromatic carbocycles. The number of aliphatic carboxylic acids is 1. The number of carboxylic acid groups (broad SMARTS) is 1. The lowest BCUT2D eigenvalue weighted by molar-refractivity contribution is -0.296. The molecule has 1 heterocycles. The van der Waals surface area contributed by atoms with E-state index in [4.69, 9.17) is 9.84 Å². The van der Waals surface area contributed by atoms with Crippen molar-refractivity contribution in [1.29, 1.82) is 0 Å². The van der Waals surface area contributed by atoms with Gasteiger partial charge in [0.2, 0.25) is 0 Å². The lowest BCUT2D eigenvalue weighted by Crippen LogP contribution is -2.49. The fourth-order valence-electron chi connectivity index (χ4n) is 3.86. The quantitative estimate of drug-likeness (QED) is 0.375. The molecule has 0 aromatic rings. The molecule has 1 N–H and O–H groups in total. The Morgan fingerprint density at radius 1 is 0.923 bits per heavy atom. The van der Waals surface area contributed by atoms with E-state index in [1.54, 1.807) is 0 Å². The number of carboxylic acids is 1. The molecule has 0 aromatic heterocycles. The molecule has 1 aliphatic heterocycles. The number of carbonyl (C=O) groups is 1. The van der Waals surface area contributed by atoms with Crippen molar-refractivity contribution in [1.82, 2.24) is 5.06 Å². The number of hydrogen-bond donors (Lipinski definition) is 1. The third kappa shape index (κ3) is 7.93. The smallest absolute Gasteiger partial charge is 0.303 e. The van der Waals surface area contributed by atoms with Crippen molar-refractivity contribution in [3.63, 3.8) is 0 Å². The highest BCUT2D eigenvalue weighted by Gasteiger charge is 2.51. The molecule has 5 nitrogen and oxygen atoms in total. The molecule has 0 spiro atoms. The number of hydroxylamine groups is 2. The highest BCUT2D eigenvalue weighted by Crippen LogP contribution is 2.40. The Balaban J connectivity index is 2.28. The second-order valence-corrected chi connectivity index (χ2v) is 8.52. The van der Waals surface area contributed by atoms with E-state index in [9.17, 15) is 10.0 Å². The minimum absolute atomic E-state index is 0.0947. The van der Waals surface area contributed by atoms with Gasteiger partial charge in [-0.3, -0.25) is 4.79 Å². The van der Waals surface area contributed by atoms with E-state index in [0.717, 1.165) is 17.9 Å². The Labute approximate surface area is 160 Å². The van der Waals surface area contributed by atoms with Crippen LogP contribution in [0.15, 0.2) is 0 Å². The summed E-state index contributed by atoms with van der Waals surface area (Å²) in [4.78, 5) is 10.8. The van der Waals surface area contributed by atoms with E-state index < -0.39 is 17.2 Å². The molecule has 153 valence electrons. The average molecular weight is 371 g/mol. The Hall–Kier alpha value is -0.650. The van der Waals surface area contributed by atoms with Crippen molar-refractivity contribution in [2.24, 2.45) is 0 Å². The maximum absolute atomic E-state index is 12.8. The van der Waals surface area contributed by atoms with Crippen LogP contribution in [-0.2, 0) is 14.7 Å². The van der Waals surface area contributed by atoms with Gasteiger partial charge in [-0.25, -0.2) is 0 Å². The normalized spacial score (nSPS) is 22.8. The van der Waals surface area contributed by atoms with E-state index in [1.165, 1.54) is 51.4 Å².